The van der Waals surface area contributed by atoms with Crippen LogP contribution in [0.2, 0.25) is 0 Å². The predicted octanol–water partition coefficient (Wildman–Crippen LogP) is 0.493. The van der Waals surface area contributed by atoms with Crippen molar-refractivity contribution < 1.29 is 13.2 Å². The lowest BCUT2D eigenvalue weighted by Gasteiger charge is -2.28. The van der Waals surface area contributed by atoms with Crippen LogP contribution in [0.5, 0.6) is 0 Å². The fourth-order valence-corrected chi connectivity index (χ4v) is 3.81. The molecule has 5 heteroatoms. The highest BCUT2D eigenvalue weighted by atomic mass is 32.2. The maximum Gasteiger partial charge on any atom is 0.215 e. The van der Waals surface area contributed by atoms with Gasteiger partial charge in [-0.05, 0) is 25.2 Å². The summed E-state index contributed by atoms with van der Waals surface area (Å²) >= 11 is 0. The molecule has 4 nitrogen and oxygen atoms in total. The molecule has 1 aliphatic heterocycles. The molecule has 1 aliphatic carbocycles. The summed E-state index contributed by atoms with van der Waals surface area (Å²) in [5, 5.41) is -0.253. The van der Waals surface area contributed by atoms with Gasteiger partial charge in [-0.25, -0.2) is 13.1 Å². The standard InChI is InChI=1S/C9H17NO3S/c1-7-6-13-5-4-9(7)14(11,12)10-8-2-3-8/h7-10H,2-6H2,1H3/t7-,9+/m1/s1. The van der Waals surface area contributed by atoms with E-state index in [1.54, 1.807) is 0 Å². The minimum Gasteiger partial charge on any atom is -0.381 e. The minimum atomic E-state index is -3.10. The zero-order valence-corrected chi connectivity index (χ0v) is 9.22. The van der Waals surface area contributed by atoms with Gasteiger partial charge in [-0.2, -0.15) is 0 Å². The van der Waals surface area contributed by atoms with Gasteiger partial charge < -0.3 is 4.74 Å². The Labute approximate surface area is 85.1 Å². The van der Waals surface area contributed by atoms with Crippen LogP contribution in [0.3, 0.4) is 0 Å². The van der Waals surface area contributed by atoms with E-state index in [1.165, 1.54) is 0 Å². The Balaban J connectivity index is 2.02. The quantitative estimate of drug-likeness (QED) is 0.751. The molecule has 0 amide bonds. The monoisotopic (exact) mass is 219 g/mol. The molecule has 2 atom stereocenters. The van der Waals surface area contributed by atoms with Crippen molar-refractivity contribution in [2.45, 2.75) is 37.5 Å². The molecule has 82 valence electrons. The second-order valence-corrected chi connectivity index (χ2v) is 6.25. The minimum absolute atomic E-state index is 0.111. The van der Waals surface area contributed by atoms with Crippen LogP contribution in [0.25, 0.3) is 0 Å². The van der Waals surface area contributed by atoms with Gasteiger partial charge in [-0.15, -0.1) is 0 Å². The first-order valence-electron chi connectivity index (χ1n) is 5.18. The second-order valence-electron chi connectivity index (χ2n) is 4.32. The summed E-state index contributed by atoms with van der Waals surface area (Å²) in [5.41, 5.74) is 0. The summed E-state index contributed by atoms with van der Waals surface area (Å²) in [4.78, 5) is 0. The molecule has 2 rings (SSSR count). The SMILES string of the molecule is C[C@@H]1COCC[C@@H]1S(=O)(=O)NC1CC1. The first-order chi connectivity index (χ1) is 6.59. The highest BCUT2D eigenvalue weighted by Crippen LogP contribution is 2.25. The first kappa shape index (κ1) is 10.4. The fourth-order valence-electron chi connectivity index (χ4n) is 1.84. The molecule has 0 bridgehead atoms. The third-order valence-electron chi connectivity index (χ3n) is 2.87. The molecular formula is C9H17NO3S. The van der Waals surface area contributed by atoms with Crippen molar-refractivity contribution in [3.05, 3.63) is 0 Å². The molecule has 1 saturated carbocycles. The number of rotatable bonds is 3. The van der Waals surface area contributed by atoms with Crippen LogP contribution < -0.4 is 4.72 Å². The Hall–Kier alpha value is -0.130. The van der Waals surface area contributed by atoms with E-state index in [1.807, 2.05) is 6.92 Å². The molecule has 1 heterocycles. The summed E-state index contributed by atoms with van der Waals surface area (Å²) in [6.07, 6.45) is 2.62. The van der Waals surface area contributed by atoms with Crippen LogP contribution in [-0.4, -0.2) is 32.9 Å². The maximum absolute atomic E-state index is 11.9. The van der Waals surface area contributed by atoms with E-state index in [0.29, 0.717) is 19.6 Å². The summed E-state index contributed by atoms with van der Waals surface area (Å²) in [6.45, 7) is 3.08. The molecule has 0 aromatic carbocycles. The summed E-state index contributed by atoms with van der Waals surface area (Å²) < 4.78 is 31.7. The van der Waals surface area contributed by atoms with Gasteiger partial charge in [0, 0.05) is 12.6 Å². The van der Waals surface area contributed by atoms with Gasteiger partial charge in [0.25, 0.3) is 0 Å². The highest BCUT2D eigenvalue weighted by molar-refractivity contribution is 7.90. The van der Waals surface area contributed by atoms with Gasteiger partial charge in [0.2, 0.25) is 10.0 Å². The van der Waals surface area contributed by atoms with E-state index >= 15 is 0 Å². The zero-order valence-electron chi connectivity index (χ0n) is 8.40. The van der Waals surface area contributed by atoms with Crippen molar-refractivity contribution in [3.63, 3.8) is 0 Å². The van der Waals surface area contributed by atoms with Gasteiger partial charge in [0.15, 0.2) is 0 Å². The molecule has 0 aromatic rings. The Bertz CT molecular complexity index is 297. The van der Waals surface area contributed by atoms with Crippen LogP contribution in [0.1, 0.15) is 26.2 Å². The molecule has 0 radical (unpaired) electrons. The van der Waals surface area contributed by atoms with Gasteiger partial charge >= 0.3 is 0 Å². The molecule has 1 saturated heterocycles. The van der Waals surface area contributed by atoms with E-state index in [9.17, 15) is 8.42 Å². The van der Waals surface area contributed by atoms with Gasteiger partial charge in [0.05, 0.1) is 11.9 Å². The average molecular weight is 219 g/mol. The Morgan fingerprint density at radius 1 is 1.29 bits per heavy atom. The third-order valence-corrected chi connectivity index (χ3v) is 5.03. The largest absolute Gasteiger partial charge is 0.381 e. The third kappa shape index (κ3) is 2.27. The summed E-state index contributed by atoms with van der Waals surface area (Å²) in [5.74, 6) is 0.111. The van der Waals surface area contributed by atoms with Crippen molar-refractivity contribution in [2.24, 2.45) is 5.92 Å². The van der Waals surface area contributed by atoms with E-state index in [4.69, 9.17) is 4.74 Å². The Kier molecular flexibility index (Phi) is 2.81. The van der Waals surface area contributed by atoms with Crippen molar-refractivity contribution in [2.75, 3.05) is 13.2 Å². The molecule has 0 spiro atoms. The number of nitrogens with one attached hydrogen (secondary N) is 1. The number of sulfonamides is 1. The number of ether oxygens (including phenoxy) is 1. The van der Waals surface area contributed by atoms with Crippen molar-refractivity contribution in [1.82, 2.24) is 4.72 Å². The Morgan fingerprint density at radius 3 is 2.57 bits per heavy atom. The van der Waals surface area contributed by atoms with E-state index in [-0.39, 0.29) is 17.2 Å². The molecule has 2 fully saturated rings. The van der Waals surface area contributed by atoms with Crippen LogP contribution in [-0.2, 0) is 14.8 Å². The van der Waals surface area contributed by atoms with E-state index < -0.39 is 10.0 Å². The van der Waals surface area contributed by atoms with Crippen LogP contribution in [0, 0.1) is 5.92 Å². The van der Waals surface area contributed by atoms with E-state index in [2.05, 4.69) is 4.72 Å². The lowest BCUT2D eigenvalue weighted by Crippen LogP contribution is -2.43. The van der Waals surface area contributed by atoms with Crippen molar-refractivity contribution >= 4 is 10.0 Å². The van der Waals surface area contributed by atoms with Gasteiger partial charge in [-0.1, -0.05) is 6.92 Å². The summed E-state index contributed by atoms with van der Waals surface area (Å²) in [7, 11) is -3.10. The fraction of sp³-hybridized carbons (Fsp3) is 1.00. The highest BCUT2D eigenvalue weighted by Gasteiger charge is 2.37. The van der Waals surface area contributed by atoms with Crippen LogP contribution >= 0.6 is 0 Å². The predicted molar refractivity (Wildman–Crippen MR) is 53.5 cm³/mol. The lowest BCUT2D eigenvalue weighted by molar-refractivity contribution is 0.0635. The zero-order chi connectivity index (χ0) is 10.2. The van der Waals surface area contributed by atoms with Crippen molar-refractivity contribution in [1.29, 1.82) is 0 Å². The second kappa shape index (κ2) is 3.79. The Morgan fingerprint density at radius 2 is 2.00 bits per heavy atom. The van der Waals surface area contributed by atoms with E-state index in [0.717, 1.165) is 12.8 Å². The summed E-state index contributed by atoms with van der Waals surface area (Å²) in [6, 6.07) is 0.218. The number of hydrogen-bond acceptors (Lipinski definition) is 3. The normalized spacial score (nSPS) is 34.4. The molecule has 14 heavy (non-hydrogen) atoms. The molecule has 2 aliphatic rings. The van der Waals surface area contributed by atoms with Crippen molar-refractivity contribution in [3.8, 4) is 0 Å². The van der Waals surface area contributed by atoms with Crippen LogP contribution in [0.4, 0.5) is 0 Å². The maximum atomic E-state index is 11.9. The number of hydrogen-bond donors (Lipinski definition) is 1. The van der Waals surface area contributed by atoms with Gasteiger partial charge in [0.1, 0.15) is 0 Å². The topological polar surface area (TPSA) is 55.4 Å². The lowest BCUT2D eigenvalue weighted by atomic mass is 10.0. The smallest absolute Gasteiger partial charge is 0.215 e. The average Bonchev–Trinajstić information content (AvgIpc) is 2.88. The van der Waals surface area contributed by atoms with Crippen LogP contribution in [0.15, 0.2) is 0 Å². The molecule has 1 N–H and O–H groups in total. The molecule has 0 aromatic heterocycles. The molecule has 0 unspecified atom stereocenters. The molecular weight excluding hydrogens is 202 g/mol. The van der Waals surface area contributed by atoms with Gasteiger partial charge in [-0.3, -0.25) is 0 Å². The first-order valence-corrected chi connectivity index (χ1v) is 6.73.